The van der Waals surface area contributed by atoms with Crippen molar-refractivity contribution >= 4 is 35.8 Å². The van der Waals surface area contributed by atoms with Crippen LogP contribution in [-0.2, 0) is 6.54 Å². The smallest absolute Gasteiger partial charge is 0.193 e. The molecule has 0 unspecified atom stereocenters. The van der Waals surface area contributed by atoms with Gasteiger partial charge >= 0.3 is 0 Å². The second-order valence-corrected chi connectivity index (χ2v) is 5.64. The van der Waals surface area contributed by atoms with E-state index in [2.05, 4.69) is 67.0 Å². The van der Waals surface area contributed by atoms with Crippen LogP contribution in [0, 0.1) is 0 Å². The number of hydrogen-bond acceptors (Lipinski definition) is 3. The number of rotatable bonds is 9. The second-order valence-electron chi connectivity index (χ2n) is 5.64. The van der Waals surface area contributed by atoms with Crippen molar-refractivity contribution in [1.82, 2.24) is 15.2 Å². The maximum atomic E-state index is 4.73. The van der Waals surface area contributed by atoms with Gasteiger partial charge in [-0.05, 0) is 38.8 Å². The van der Waals surface area contributed by atoms with E-state index in [-0.39, 0.29) is 24.0 Å². The van der Waals surface area contributed by atoms with E-state index in [9.17, 15) is 0 Å². The van der Waals surface area contributed by atoms with Gasteiger partial charge in [0, 0.05) is 39.4 Å². The number of aliphatic imine (C=N–C) groups is 1. The molecule has 0 aliphatic heterocycles. The van der Waals surface area contributed by atoms with Crippen LogP contribution in [0.4, 0.5) is 5.82 Å². The van der Waals surface area contributed by atoms with Crippen molar-refractivity contribution in [2.75, 3.05) is 38.1 Å². The zero-order chi connectivity index (χ0) is 17.1. The Morgan fingerprint density at radius 3 is 2.38 bits per heavy atom. The first-order chi connectivity index (χ1) is 11.2. The van der Waals surface area contributed by atoms with Crippen molar-refractivity contribution in [1.29, 1.82) is 0 Å². The third kappa shape index (κ3) is 7.68. The summed E-state index contributed by atoms with van der Waals surface area (Å²) in [5, 5.41) is 3.36. The molecule has 0 aromatic carbocycles. The summed E-state index contributed by atoms with van der Waals surface area (Å²) in [6, 6.07) is 4.21. The van der Waals surface area contributed by atoms with Crippen LogP contribution >= 0.6 is 24.0 Å². The normalized spacial score (nSPS) is 11.0. The number of aromatic nitrogens is 1. The number of halogens is 1. The van der Waals surface area contributed by atoms with Crippen LogP contribution in [0.15, 0.2) is 23.3 Å². The Kier molecular flexibility index (Phi) is 12.7. The number of pyridine rings is 1. The lowest BCUT2D eigenvalue weighted by Crippen LogP contribution is -2.39. The van der Waals surface area contributed by atoms with Crippen LogP contribution in [0.2, 0.25) is 0 Å². The molecule has 0 saturated carbocycles. The van der Waals surface area contributed by atoms with E-state index in [0.29, 0.717) is 6.54 Å². The van der Waals surface area contributed by atoms with Gasteiger partial charge in [-0.2, -0.15) is 0 Å². The summed E-state index contributed by atoms with van der Waals surface area (Å²) in [7, 11) is 2.10. The number of hydrogen-bond donors (Lipinski definition) is 1. The maximum Gasteiger partial charge on any atom is 0.193 e. The third-order valence-corrected chi connectivity index (χ3v) is 3.85. The zero-order valence-electron chi connectivity index (χ0n) is 15.9. The molecule has 24 heavy (non-hydrogen) atoms. The van der Waals surface area contributed by atoms with Crippen molar-refractivity contribution in [3.8, 4) is 0 Å². The van der Waals surface area contributed by atoms with Gasteiger partial charge in [-0.3, -0.25) is 0 Å². The average molecular weight is 447 g/mol. The van der Waals surface area contributed by atoms with Gasteiger partial charge < -0.3 is 15.1 Å². The highest BCUT2D eigenvalue weighted by Gasteiger charge is 2.06. The Hall–Kier alpha value is -1.05. The molecule has 0 saturated heterocycles. The van der Waals surface area contributed by atoms with Crippen LogP contribution < -0.4 is 10.2 Å². The molecule has 1 N–H and O–H groups in total. The van der Waals surface area contributed by atoms with Gasteiger partial charge in [0.15, 0.2) is 5.96 Å². The molecule has 5 nitrogen and oxygen atoms in total. The van der Waals surface area contributed by atoms with E-state index in [0.717, 1.165) is 43.5 Å². The standard InChI is InChI=1S/C18H33N5.HI/c1-6-10-13-22(5)18(19-7-2)21-15-16-11-12-17(20-14-16)23(8-3)9-4;/h11-12,14H,6-10,13,15H2,1-5H3,(H,19,21);1H. The van der Waals surface area contributed by atoms with Crippen LogP contribution in [0.25, 0.3) is 0 Å². The lowest BCUT2D eigenvalue weighted by atomic mass is 10.3. The van der Waals surface area contributed by atoms with Gasteiger partial charge in [-0.25, -0.2) is 9.98 Å². The molecule has 1 rings (SSSR count). The first-order valence-corrected chi connectivity index (χ1v) is 8.85. The van der Waals surface area contributed by atoms with Crippen LogP contribution in [0.3, 0.4) is 0 Å². The number of nitrogens with one attached hydrogen (secondary N) is 1. The molecule has 1 heterocycles. The van der Waals surface area contributed by atoms with E-state index in [1.165, 1.54) is 12.8 Å². The predicted molar refractivity (Wildman–Crippen MR) is 116 cm³/mol. The Balaban J connectivity index is 0.00000529. The minimum Gasteiger partial charge on any atom is -0.357 e. The third-order valence-electron chi connectivity index (χ3n) is 3.85. The van der Waals surface area contributed by atoms with Crippen molar-refractivity contribution in [3.63, 3.8) is 0 Å². The largest absolute Gasteiger partial charge is 0.357 e. The quantitative estimate of drug-likeness (QED) is 0.356. The van der Waals surface area contributed by atoms with Crippen LogP contribution in [0.1, 0.15) is 46.1 Å². The molecular formula is C18H34IN5. The number of anilines is 1. The Bertz CT molecular complexity index is 457. The highest BCUT2D eigenvalue weighted by Crippen LogP contribution is 2.11. The molecule has 1 aromatic rings. The minimum absolute atomic E-state index is 0. The molecule has 0 aliphatic carbocycles. The molecule has 0 spiro atoms. The summed E-state index contributed by atoms with van der Waals surface area (Å²) in [6.45, 7) is 13.1. The molecule has 0 radical (unpaired) electrons. The van der Waals surface area contributed by atoms with Crippen molar-refractivity contribution in [2.45, 2.75) is 47.1 Å². The van der Waals surface area contributed by atoms with Gasteiger partial charge in [-0.15, -0.1) is 24.0 Å². The average Bonchev–Trinajstić information content (AvgIpc) is 2.58. The SMILES string of the molecule is CCCCN(C)C(=NCc1ccc(N(CC)CC)nc1)NCC.I. The van der Waals surface area contributed by atoms with E-state index in [1.807, 2.05) is 6.20 Å². The highest BCUT2D eigenvalue weighted by atomic mass is 127. The number of unbranched alkanes of at least 4 members (excludes halogenated alkanes) is 1. The lowest BCUT2D eigenvalue weighted by molar-refractivity contribution is 0.465. The summed E-state index contributed by atoms with van der Waals surface area (Å²) >= 11 is 0. The van der Waals surface area contributed by atoms with Crippen LogP contribution in [0.5, 0.6) is 0 Å². The van der Waals surface area contributed by atoms with E-state index in [4.69, 9.17) is 4.99 Å². The summed E-state index contributed by atoms with van der Waals surface area (Å²) in [4.78, 5) is 13.7. The van der Waals surface area contributed by atoms with Crippen molar-refractivity contribution in [2.24, 2.45) is 4.99 Å². The van der Waals surface area contributed by atoms with Gasteiger partial charge in [-0.1, -0.05) is 19.4 Å². The van der Waals surface area contributed by atoms with Crippen molar-refractivity contribution < 1.29 is 0 Å². The van der Waals surface area contributed by atoms with E-state index in [1.54, 1.807) is 0 Å². The topological polar surface area (TPSA) is 43.8 Å². The van der Waals surface area contributed by atoms with Crippen LogP contribution in [-0.4, -0.2) is 49.1 Å². The molecule has 1 aromatic heterocycles. The van der Waals surface area contributed by atoms with E-state index >= 15 is 0 Å². The van der Waals surface area contributed by atoms with Gasteiger partial charge in [0.05, 0.1) is 6.54 Å². The molecule has 0 fully saturated rings. The Morgan fingerprint density at radius 1 is 1.17 bits per heavy atom. The molecular weight excluding hydrogens is 413 g/mol. The molecule has 6 heteroatoms. The number of nitrogens with zero attached hydrogens (tertiary/aromatic N) is 4. The molecule has 0 amide bonds. The second kappa shape index (κ2) is 13.3. The first kappa shape index (κ1) is 22.9. The lowest BCUT2D eigenvalue weighted by Gasteiger charge is -2.22. The van der Waals surface area contributed by atoms with E-state index < -0.39 is 0 Å². The zero-order valence-corrected chi connectivity index (χ0v) is 18.2. The summed E-state index contributed by atoms with van der Waals surface area (Å²) < 4.78 is 0. The fourth-order valence-corrected chi connectivity index (χ4v) is 2.38. The van der Waals surface area contributed by atoms with Gasteiger partial charge in [0.1, 0.15) is 5.82 Å². The molecule has 0 aliphatic rings. The first-order valence-electron chi connectivity index (χ1n) is 8.85. The van der Waals surface area contributed by atoms with Gasteiger partial charge in [0.2, 0.25) is 0 Å². The van der Waals surface area contributed by atoms with Crippen molar-refractivity contribution in [3.05, 3.63) is 23.9 Å². The maximum absolute atomic E-state index is 4.73. The molecule has 0 atom stereocenters. The molecule has 0 bridgehead atoms. The van der Waals surface area contributed by atoms with Gasteiger partial charge in [0.25, 0.3) is 0 Å². The fraction of sp³-hybridized carbons (Fsp3) is 0.667. The fourth-order valence-electron chi connectivity index (χ4n) is 2.38. The summed E-state index contributed by atoms with van der Waals surface area (Å²) in [5.74, 6) is 2.00. The monoisotopic (exact) mass is 447 g/mol. The number of guanidine groups is 1. The molecule has 138 valence electrons. The summed E-state index contributed by atoms with van der Waals surface area (Å²) in [6.07, 6.45) is 4.31. The Morgan fingerprint density at radius 2 is 1.88 bits per heavy atom. The minimum atomic E-state index is 0. The Labute approximate surface area is 165 Å². The predicted octanol–water partition coefficient (Wildman–Crippen LogP) is 3.74. The highest BCUT2D eigenvalue weighted by molar-refractivity contribution is 14.0. The summed E-state index contributed by atoms with van der Waals surface area (Å²) in [5.41, 5.74) is 1.14.